The van der Waals surface area contributed by atoms with Crippen molar-refractivity contribution in [1.82, 2.24) is 4.90 Å². The third kappa shape index (κ3) is 3.46. The standard InChI is InChI=1S/C16H24N2O.ClH/c1-12(17)15-5-8-18(11-15)7-4-13-2-3-16-14(10-13)6-9-19-16;/h2-3,10,12,15H,4-9,11,17H2,1H3;1H. The fraction of sp³-hybridized carbons (Fsp3) is 0.625. The van der Waals surface area contributed by atoms with Crippen molar-refractivity contribution < 1.29 is 4.74 Å². The molecule has 0 saturated carbocycles. The van der Waals surface area contributed by atoms with Crippen LogP contribution >= 0.6 is 12.4 Å². The van der Waals surface area contributed by atoms with Gasteiger partial charge in [0.25, 0.3) is 0 Å². The average Bonchev–Trinajstić information content (AvgIpc) is 3.04. The van der Waals surface area contributed by atoms with Crippen molar-refractivity contribution in [2.75, 3.05) is 26.2 Å². The van der Waals surface area contributed by atoms with Crippen LogP contribution in [0.3, 0.4) is 0 Å². The Morgan fingerprint density at radius 3 is 3.05 bits per heavy atom. The predicted molar refractivity (Wildman–Crippen MR) is 84.8 cm³/mol. The molecule has 2 unspecified atom stereocenters. The highest BCUT2D eigenvalue weighted by Crippen LogP contribution is 2.26. The number of hydrogen-bond acceptors (Lipinski definition) is 3. The molecule has 1 saturated heterocycles. The van der Waals surface area contributed by atoms with Gasteiger partial charge in [-0.05, 0) is 49.4 Å². The summed E-state index contributed by atoms with van der Waals surface area (Å²) in [4.78, 5) is 2.55. The Morgan fingerprint density at radius 1 is 1.45 bits per heavy atom. The number of likely N-dealkylation sites (tertiary alicyclic amines) is 1. The van der Waals surface area contributed by atoms with E-state index in [1.807, 2.05) is 0 Å². The molecule has 0 radical (unpaired) electrons. The number of ether oxygens (including phenoxy) is 1. The second-order valence-electron chi connectivity index (χ2n) is 6.00. The SMILES string of the molecule is CC(N)C1CCN(CCc2ccc3c(c2)CCO3)C1.Cl. The van der Waals surface area contributed by atoms with Crippen molar-refractivity contribution in [1.29, 1.82) is 0 Å². The van der Waals surface area contributed by atoms with Gasteiger partial charge in [0.1, 0.15) is 5.75 Å². The van der Waals surface area contributed by atoms with Crippen LogP contribution in [-0.2, 0) is 12.8 Å². The van der Waals surface area contributed by atoms with Crippen LogP contribution in [0.25, 0.3) is 0 Å². The van der Waals surface area contributed by atoms with Crippen molar-refractivity contribution in [3.8, 4) is 5.75 Å². The highest BCUT2D eigenvalue weighted by Gasteiger charge is 2.24. The molecule has 0 spiro atoms. The van der Waals surface area contributed by atoms with Gasteiger partial charge in [-0.15, -0.1) is 12.4 Å². The third-order valence-electron chi connectivity index (χ3n) is 4.52. The molecule has 2 aliphatic rings. The largest absolute Gasteiger partial charge is 0.493 e. The number of halogens is 1. The van der Waals surface area contributed by atoms with Gasteiger partial charge in [-0.25, -0.2) is 0 Å². The minimum atomic E-state index is 0. The fourth-order valence-corrected chi connectivity index (χ4v) is 3.18. The molecule has 0 aromatic heterocycles. The Bertz CT molecular complexity index is 450. The van der Waals surface area contributed by atoms with E-state index in [2.05, 4.69) is 30.0 Å². The van der Waals surface area contributed by atoms with E-state index in [0.29, 0.717) is 12.0 Å². The lowest BCUT2D eigenvalue weighted by atomic mass is 10.0. The van der Waals surface area contributed by atoms with E-state index in [-0.39, 0.29) is 12.4 Å². The number of nitrogens with two attached hydrogens (primary N) is 1. The first-order valence-electron chi connectivity index (χ1n) is 7.45. The van der Waals surface area contributed by atoms with Crippen molar-refractivity contribution in [2.45, 2.75) is 32.2 Å². The summed E-state index contributed by atoms with van der Waals surface area (Å²) in [7, 11) is 0. The molecule has 20 heavy (non-hydrogen) atoms. The zero-order valence-corrected chi connectivity index (χ0v) is 13.0. The van der Waals surface area contributed by atoms with E-state index in [0.717, 1.165) is 31.7 Å². The number of nitrogens with zero attached hydrogens (tertiary/aromatic N) is 1. The molecule has 0 amide bonds. The van der Waals surface area contributed by atoms with Gasteiger partial charge in [-0.1, -0.05) is 12.1 Å². The van der Waals surface area contributed by atoms with Gasteiger partial charge in [0.15, 0.2) is 0 Å². The maximum Gasteiger partial charge on any atom is 0.122 e. The fourth-order valence-electron chi connectivity index (χ4n) is 3.18. The smallest absolute Gasteiger partial charge is 0.122 e. The topological polar surface area (TPSA) is 38.5 Å². The van der Waals surface area contributed by atoms with Gasteiger partial charge >= 0.3 is 0 Å². The highest BCUT2D eigenvalue weighted by molar-refractivity contribution is 5.85. The van der Waals surface area contributed by atoms with E-state index < -0.39 is 0 Å². The molecule has 2 aliphatic heterocycles. The number of rotatable bonds is 4. The summed E-state index contributed by atoms with van der Waals surface area (Å²) in [6.07, 6.45) is 3.47. The molecule has 1 aromatic carbocycles. The van der Waals surface area contributed by atoms with Crippen molar-refractivity contribution >= 4 is 12.4 Å². The lowest BCUT2D eigenvalue weighted by Gasteiger charge is -2.17. The molecule has 3 rings (SSSR count). The Balaban J connectivity index is 0.00000147. The van der Waals surface area contributed by atoms with Crippen molar-refractivity contribution in [2.24, 2.45) is 11.7 Å². The van der Waals surface area contributed by atoms with Gasteiger partial charge < -0.3 is 15.4 Å². The van der Waals surface area contributed by atoms with E-state index in [1.54, 1.807) is 0 Å². The molecule has 0 bridgehead atoms. The van der Waals surface area contributed by atoms with E-state index >= 15 is 0 Å². The molecule has 2 heterocycles. The maximum atomic E-state index is 5.99. The van der Waals surface area contributed by atoms with E-state index in [9.17, 15) is 0 Å². The van der Waals surface area contributed by atoms with Gasteiger partial charge in [0, 0.05) is 25.6 Å². The minimum Gasteiger partial charge on any atom is -0.493 e. The van der Waals surface area contributed by atoms with Crippen LogP contribution in [0.2, 0.25) is 0 Å². The summed E-state index contributed by atoms with van der Waals surface area (Å²) < 4.78 is 5.55. The Hall–Kier alpha value is -0.770. The molecule has 2 atom stereocenters. The van der Waals surface area contributed by atoms with E-state index in [1.165, 1.54) is 30.6 Å². The normalized spacial score (nSPS) is 23.0. The second kappa shape index (κ2) is 6.79. The van der Waals surface area contributed by atoms with E-state index in [4.69, 9.17) is 10.5 Å². The average molecular weight is 297 g/mol. The third-order valence-corrected chi connectivity index (χ3v) is 4.52. The second-order valence-corrected chi connectivity index (χ2v) is 6.00. The Morgan fingerprint density at radius 2 is 2.30 bits per heavy atom. The molecule has 4 heteroatoms. The molecule has 112 valence electrons. The highest BCUT2D eigenvalue weighted by atomic mass is 35.5. The van der Waals surface area contributed by atoms with Gasteiger partial charge in [-0.3, -0.25) is 0 Å². The minimum absolute atomic E-state index is 0. The maximum absolute atomic E-state index is 5.99. The summed E-state index contributed by atoms with van der Waals surface area (Å²) in [6.45, 7) is 6.52. The molecular formula is C16H25ClN2O. The van der Waals surface area contributed by atoms with Crippen molar-refractivity contribution in [3.05, 3.63) is 29.3 Å². The number of fused-ring (bicyclic) bond motifs is 1. The zero-order valence-electron chi connectivity index (χ0n) is 12.2. The van der Waals surface area contributed by atoms with Gasteiger partial charge in [0.05, 0.1) is 6.61 Å². The predicted octanol–water partition coefficient (Wildman–Crippen LogP) is 2.25. The van der Waals surface area contributed by atoms with Crippen LogP contribution in [0.1, 0.15) is 24.5 Å². The molecule has 2 N–H and O–H groups in total. The van der Waals surface area contributed by atoms with Crippen LogP contribution in [-0.4, -0.2) is 37.2 Å². The Labute approximate surface area is 127 Å². The summed E-state index contributed by atoms with van der Waals surface area (Å²) in [6, 6.07) is 7.00. The molecule has 1 fully saturated rings. The summed E-state index contributed by atoms with van der Waals surface area (Å²) in [5, 5.41) is 0. The molecular weight excluding hydrogens is 272 g/mol. The number of benzene rings is 1. The Kier molecular flexibility index (Phi) is 5.30. The first-order valence-corrected chi connectivity index (χ1v) is 7.45. The van der Waals surface area contributed by atoms with Gasteiger partial charge in [0.2, 0.25) is 0 Å². The quantitative estimate of drug-likeness (QED) is 0.926. The first kappa shape index (κ1) is 15.6. The first-order chi connectivity index (χ1) is 9.22. The lowest BCUT2D eigenvalue weighted by Crippen LogP contribution is -2.30. The summed E-state index contributed by atoms with van der Waals surface area (Å²) >= 11 is 0. The van der Waals surface area contributed by atoms with Gasteiger partial charge in [-0.2, -0.15) is 0 Å². The monoisotopic (exact) mass is 296 g/mol. The molecule has 3 nitrogen and oxygen atoms in total. The van der Waals surface area contributed by atoms with Crippen molar-refractivity contribution in [3.63, 3.8) is 0 Å². The summed E-state index contributed by atoms with van der Waals surface area (Å²) in [5.74, 6) is 1.77. The summed E-state index contributed by atoms with van der Waals surface area (Å²) in [5.41, 5.74) is 8.81. The molecule has 1 aromatic rings. The van der Waals surface area contributed by atoms with Crippen LogP contribution in [0.4, 0.5) is 0 Å². The zero-order chi connectivity index (χ0) is 13.2. The lowest BCUT2D eigenvalue weighted by molar-refractivity contribution is 0.319. The van der Waals surface area contributed by atoms with Crippen LogP contribution < -0.4 is 10.5 Å². The molecule has 0 aliphatic carbocycles. The number of hydrogen-bond donors (Lipinski definition) is 1. The van der Waals surface area contributed by atoms with Crippen LogP contribution in [0.5, 0.6) is 5.75 Å². The van der Waals surface area contributed by atoms with Crippen LogP contribution in [0.15, 0.2) is 18.2 Å². The van der Waals surface area contributed by atoms with Crippen LogP contribution in [0, 0.1) is 5.92 Å².